The summed E-state index contributed by atoms with van der Waals surface area (Å²) in [5.41, 5.74) is -0.471. The standard InChI is InChI=1S/C34H40ClIN6O7S/c1-18-10-20(15-37-14-18)39-28(33(2,3)4)31(44)42-17-21(49-30-24-11-19(35)6-9-23(24)26(48-5)16-38-30)12-25(42)29(43)40-34(13-27(34)36)32(45)41-50(46,47)22-7-8-22/h6,9-11,14-16,21-22,25,27-28,39H,7-8,12-13,17H2,1-5H3,(H,40,43)(H,41,45)/t21-,25+,27-,28?,34-/m1/s1. The molecule has 3 amide bonds. The first-order valence-corrected chi connectivity index (χ1v) is 19.5. The van der Waals surface area contributed by atoms with Crippen molar-refractivity contribution in [2.45, 2.75) is 86.3 Å². The van der Waals surface area contributed by atoms with E-state index < -0.39 is 56.2 Å². The predicted octanol–water partition coefficient (Wildman–Crippen LogP) is 4.15. The number of hydrogen-bond donors (Lipinski definition) is 3. The summed E-state index contributed by atoms with van der Waals surface area (Å²) in [6, 6.07) is 5.31. The van der Waals surface area contributed by atoms with E-state index in [0.717, 1.165) is 10.9 Å². The number of anilines is 1. The Morgan fingerprint density at radius 2 is 1.84 bits per heavy atom. The van der Waals surface area contributed by atoms with E-state index in [2.05, 4.69) is 25.3 Å². The molecule has 50 heavy (non-hydrogen) atoms. The molecule has 1 aliphatic heterocycles. The normalized spacial score (nSPS) is 24.0. The van der Waals surface area contributed by atoms with Crippen molar-refractivity contribution in [2.24, 2.45) is 5.41 Å². The molecule has 3 aromatic rings. The molecule has 1 saturated heterocycles. The number of nitrogens with zero attached hydrogens (tertiary/aromatic N) is 3. The molecular formula is C34H40ClIN6O7S. The molecule has 5 atom stereocenters. The fourth-order valence-electron chi connectivity index (χ4n) is 6.20. The maximum absolute atomic E-state index is 14.6. The van der Waals surface area contributed by atoms with Crippen LogP contribution < -0.4 is 24.8 Å². The number of ether oxygens (including phenoxy) is 2. The van der Waals surface area contributed by atoms with Crippen molar-refractivity contribution < 1.29 is 32.3 Å². The van der Waals surface area contributed by atoms with Crippen LogP contribution in [-0.4, -0.2) is 87.6 Å². The number of rotatable bonds is 11. The third kappa shape index (κ3) is 7.45. The lowest BCUT2D eigenvalue weighted by atomic mass is 9.85. The molecule has 2 aromatic heterocycles. The van der Waals surface area contributed by atoms with Gasteiger partial charge in [0.25, 0.3) is 5.91 Å². The number of carbonyl (C=O) groups is 3. The predicted molar refractivity (Wildman–Crippen MR) is 197 cm³/mol. The maximum atomic E-state index is 14.6. The third-order valence-corrected chi connectivity index (χ3v) is 12.8. The monoisotopic (exact) mass is 838 g/mol. The fourth-order valence-corrected chi connectivity index (χ4v) is 8.87. The number of likely N-dealkylation sites (tertiary alicyclic amines) is 1. The van der Waals surface area contributed by atoms with Gasteiger partial charge in [0, 0.05) is 38.5 Å². The average Bonchev–Trinajstić information content (AvgIpc) is 3.96. The van der Waals surface area contributed by atoms with Gasteiger partial charge in [0.15, 0.2) is 0 Å². The van der Waals surface area contributed by atoms with Gasteiger partial charge in [-0.05, 0) is 61.4 Å². The summed E-state index contributed by atoms with van der Waals surface area (Å²) in [7, 11) is -2.30. The van der Waals surface area contributed by atoms with Gasteiger partial charge in [-0.15, -0.1) is 0 Å². The van der Waals surface area contributed by atoms with Gasteiger partial charge in [-0.2, -0.15) is 0 Å². The van der Waals surface area contributed by atoms with E-state index in [0.29, 0.717) is 34.7 Å². The molecule has 1 aromatic carbocycles. The van der Waals surface area contributed by atoms with Crippen LogP contribution in [0.3, 0.4) is 0 Å². The molecular weight excluding hydrogens is 799 g/mol. The van der Waals surface area contributed by atoms with E-state index in [-0.39, 0.29) is 35.1 Å². The lowest BCUT2D eigenvalue weighted by molar-refractivity contribution is -0.141. The van der Waals surface area contributed by atoms with Gasteiger partial charge >= 0.3 is 0 Å². The van der Waals surface area contributed by atoms with Gasteiger partial charge in [-0.1, -0.05) is 55.0 Å². The molecule has 3 N–H and O–H groups in total. The number of fused-ring (bicyclic) bond motifs is 1. The van der Waals surface area contributed by atoms with Gasteiger partial charge in [-0.25, -0.2) is 13.4 Å². The summed E-state index contributed by atoms with van der Waals surface area (Å²) in [6.45, 7) is 7.71. The van der Waals surface area contributed by atoms with Gasteiger partial charge in [0.05, 0.1) is 30.8 Å². The van der Waals surface area contributed by atoms with Crippen molar-refractivity contribution in [3.05, 3.63) is 53.4 Å². The van der Waals surface area contributed by atoms with Crippen LogP contribution in [0.2, 0.25) is 5.02 Å². The van der Waals surface area contributed by atoms with Crippen molar-refractivity contribution in [3.8, 4) is 11.6 Å². The number of halogens is 2. The molecule has 0 bridgehead atoms. The van der Waals surface area contributed by atoms with Crippen LogP contribution in [0.4, 0.5) is 5.69 Å². The minimum atomic E-state index is -3.84. The third-order valence-electron chi connectivity index (χ3n) is 9.25. The zero-order valence-corrected chi connectivity index (χ0v) is 32.1. The van der Waals surface area contributed by atoms with E-state index in [1.165, 1.54) is 18.2 Å². The highest BCUT2D eigenvalue weighted by Crippen LogP contribution is 2.44. The number of carbonyl (C=O) groups excluding carboxylic acids is 3. The zero-order chi connectivity index (χ0) is 36.2. The summed E-state index contributed by atoms with van der Waals surface area (Å²) in [4.78, 5) is 52.4. The number of methoxy groups -OCH3 is 1. The molecule has 6 rings (SSSR count). The van der Waals surface area contributed by atoms with Crippen molar-refractivity contribution in [1.29, 1.82) is 0 Å². The lowest BCUT2D eigenvalue weighted by Crippen LogP contribution is -2.58. The molecule has 16 heteroatoms. The molecule has 2 saturated carbocycles. The molecule has 1 unspecified atom stereocenters. The lowest BCUT2D eigenvalue weighted by Gasteiger charge is -2.36. The smallest absolute Gasteiger partial charge is 0.260 e. The highest BCUT2D eigenvalue weighted by Gasteiger charge is 2.62. The largest absolute Gasteiger partial charge is 0.494 e. The Bertz CT molecular complexity index is 1960. The number of hydrogen-bond acceptors (Lipinski definition) is 10. The minimum Gasteiger partial charge on any atom is -0.494 e. The second-order valence-electron chi connectivity index (χ2n) is 14.3. The minimum absolute atomic E-state index is 0.0376. The van der Waals surface area contributed by atoms with Crippen molar-refractivity contribution >= 4 is 78.4 Å². The summed E-state index contributed by atoms with van der Waals surface area (Å²) in [6.07, 6.45) is 5.52. The number of aryl methyl sites for hydroxylation is 1. The van der Waals surface area contributed by atoms with Crippen LogP contribution in [0, 0.1) is 12.3 Å². The van der Waals surface area contributed by atoms with E-state index in [9.17, 15) is 22.8 Å². The maximum Gasteiger partial charge on any atom is 0.260 e. The van der Waals surface area contributed by atoms with E-state index in [4.69, 9.17) is 21.1 Å². The van der Waals surface area contributed by atoms with Gasteiger partial charge < -0.3 is 25.0 Å². The molecule has 268 valence electrons. The topological polar surface area (TPSA) is 169 Å². The van der Waals surface area contributed by atoms with E-state index in [1.54, 1.807) is 30.6 Å². The Morgan fingerprint density at radius 1 is 1.12 bits per heavy atom. The fraction of sp³-hybridized carbons (Fsp3) is 0.500. The summed E-state index contributed by atoms with van der Waals surface area (Å²) >= 11 is 8.37. The van der Waals surface area contributed by atoms with Crippen LogP contribution in [0.25, 0.3) is 10.8 Å². The highest BCUT2D eigenvalue weighted by molar-refractivity contribution is 14.1. The van der Waals surface area contributed by atoms with Crippen molar-refractivity contribution in [3.63, 3.8) is 0 Å². The number of nitrogens with one attached hydrogen (secondary N) is 3. The molecule has 3 heterocycles. The summed E-state index contributed by atoms with van der Waals surface area (Å²) in [5.74, 6) is -0.915. The molecule has 0 radical (unpaired) electrons. The Balaban J connectivity index is 1.31. The van der Waals surface area contributed by atoms with Crippen LogP contribution in [0.5, 0.6) is 11.6 Å². The highest BCUT2D eigenvalue weighted by atomic mass is 127. The van der Waals surface area contributed by atoms with Crippen LogP contribution in [-0.2, 0) is 24.4 Å². The SMILES string of the molecule is COc1cnc(O[C@@H]2C[C@@H](C(=O)N[C@]3(C(=O)NS(=O)(=O)C4CC4)C[C@H]3I)N(C(=O)C(Nc3cncc(C)c3)C(C)(C)C)C2)c2cc(Cl)ccc12. The second kappa shape index (κ2) is 13.6. The molecule has 3 fully saturated rings. The number of sulfonamides is 1. The van der Waals surface area contributed by atoms with Gasteiger partial charge in [0.2, 0.25) is 27.7 Å². The Morgan fingerprint density at radius 3 is 2.46 bits per heavy atom. The van der Waals surface area contributed by atoms with Crippen molar-refractivity contribution in [1.82, 2.24) is 24.9 Å². The van der Waals surface area contributed by atoms with Crippen LogP contribution in [0.15, 0.2) is 42.9 Å². The number of benzene rings is 1. The van der Waals surface area contributed by atoms with Crippen molar-refractivity contribution in [2.75, 3.05) is 19.0 Å². The van der Waals surface area contributed by atoms with Gasteiger partial charge in [-0.3, -0.25) is 24.1 Å². The number of alkyl halides is 1. The molecule has 2 aliphatic carbocycles. The number of amides is 3. The number of pyridine rings is 2. The number of aromatic nitrogens is 2. The summed E-state index contributed by atoms with van der Waals surface area (Å²) in [5, 5.41) is 7.36. The first-order valence-electron chi connectivity index (χ1n) is 16.3. The Labute approximate surface area is 309 Å². The average molecular weight is 839 g/mol. The van der Waals surface area contributed by atoms with Crippen LogP contribution >= 0.6 is 34.2 Å². The first-order chi connectivity index (χ1) is 23.5. The van der Waals surface area contributed by atoms with E-state index >= 15 is 0 Å². The molecule has 3 aliphatic rings. The molecule has 13 nitrogen and oxygen atoms in total. The Kier molecular flexibility index (Phi) is 9.89. The second-order valence-corrected chi connectivity index (χ2v) is 18.2. The van der Waals surface area contributed by atoms with Crippen LogP contribution in [0.1, 0.15) is 52.0 Å². The first kappa shape index (κ1) is 36.4. The van der Waals surface area contributed by atoms with E-state index in [1.807, 2.05) is 56.4 Å². The Hall–Kier alpha value is -3.44. The summed E-state index contributed by atoms with van der Waals surface area (Å²) < 4.78 is 39.0. The van der Waals surface area contributed by atoms with Gasteiger partial charge in [0.1, 0.15) is 29.5 Å². The molecule has 0 spiro atoms. The quantitative estimate of drug-likeness (QED) is 0.189. The zero-order valence-electron chi connectivity index (χ0n) is 28.3.